The van der Waals surface area contributed by atoms with Crippen LogP contribution in [0.1, 0.15) is 25.0 Å². The smallest absolute Gasteiger partial charge is 0.243 e. The number of hydrogen-bond donors (Lipinski definition) is 1. The number of hydrogen-bond acceptors (Lipinski definition) is 4. The summed E-state index contributed by atoms with van der Waals surface area (Å²) in [6.07, 6.45) is 0. The molecule has 2 aromatic carbocycles. The van der Waals surface area contributed by atoms with E-state index < -0.39 is 34.3 Å². The van der Waals surface area contributed by atoms with Gasteiger partial charge >= 0.3 is 0 Å². The fourth-order valence-electron chi connectivity index (χ4n) is 2.95. The Hall–Kier alpha value is -2.78. The quantitative estimate of drug-likeness (QED) is 0.637. The summed E-state index contributed by atoms with van der Waals surface area (Å²) in [6.45, 7) is 5.17. The lowest BCUT2D eigenvalue weighted by atomic mass is 10.1. The first-order chi connectivity index (χ1) is 14.6. The van der Waals surface area contributed by atoms with Crippen LogP contribution in [-0.4, -0.2) is 55.6 Å². The standard InChI is InChI=1S/C22H28FN3O4S/c1-5-24-22(28)17(3)26(14-18-8-10-19(23)11-9-18)21(27)15-25(4)31(29,30)20-12-6-16(2)7-13-20/h6-13,17H,5,14-15H2,1-4H3,(H,24,28). The molecule has 2 rings (SSSR count). The van der Waals surface area contributed by atoms with Gasteiger partial charge in [-0.25, -0.2) is 12.8 Å². The van der Waals surface area contributed by atoms with Gasteiger partial charge in [0.15, 0.2) is 0 Å². The SMILES string of the molecule is CCNC(=O)C(C)N(Cc1ccc(F)cc1)C(=O)CN(C)S(=O)(=O)c1ccc(C)cc1. The summed E-state index contributed by atoms with van der Waals surface area (Å²) in [5.74, 6) is -1.31. The topological polar surface area (TPSA) is 86.8 Å². The van der Waals surface area contributed by atoms with Crippen molar-refractivity contribution in [3.63, 3.8) is 0 Å². The molecule has 0 bridgehead atoms. The number of rotatable bonds is 9. The van der Waals surface area contributed by atoms with E-state index in [0.717, 1.165) is 9.87 Å². The average Bonchev–Trinajstić information content (AvgIpc) is 2.73. The van der Waals surface area contributed by atoms with Crippen LogP contribution < -0.4 is 5.32 Å². The maximum atomic E-state index is 13.2. The van der Waals surface area contributed by atoms with Crippen LogP contribution in [0.5, 0.6) is 0 Å². The molecule has 0 saturated carbocycles. The Morgan fingerprint density at radius 1 is 1.06 bits per heavy atom. The molecule has 0 aromatic heterocycles. The van der Waals surface area contributed by atoms with E-state index in [9.17, 15) is 22.4 Å². The third kappa shape index (κ3) is 6.35. The molecule has 2 aromatic rings. The number of amides is 2. The molecule has 1 atom stereocenters. The summed E-state index contributed by atoms with van der Waals surface area (Å²) in [5.41, 5.74) is 1.54. The van der Waals surface area contributed by atoms with Crippen molar-refractivity contribution < 1.29 is 22.4 Å². The van der Waals surface area contributed by atoms with E-state index in [4.69, 9.17) is 0 Å². The molecule has 0 aliphatic heterocycles. The monoisotopic (exact) mass is 449 g/mol. The molecule has 1 N–H and O–H groups in total. The van der Waals surface area contributed by atoms with Gasteiger partial charge in [0.05, 0.1) is 11.4 Å². The first kappa shape index (κ1) is 24.5. The number of nitrogens with zero attached hydrogens (tertiary/aromatic N) is 2. The summed E-state index contributed by atoms with van der Waals surface area (Å²) in [5, 5.41) is 2.67. The molecule has 1 unspecified atom stereocenters. The number of carbonyl (C=O) groups is 2. The Labute approximate surface area is 182 Å². The van der Waals surface area contributed by atoms with Gasteiger partial charge in [-0.05, 0) is 50.6 Å². The van der Waals surface area contributed by atoms with E-state index >= 15 is 0 Å². The van der Waals surface area contributed by atoms with Crippen molar-refractivity contribution in [1.29, 1.82) is 0 Å². The number of sulfonamides is 1. The maximum absolute atomic E-state index is 13.2. The molecule has 0 fully saturated rings. The van der Waals surface area contributed by atoms with Gasteiger partial charge in [0.1, 0.15) is 11.9 Å². The molecule has 2 amide bonds. The number of nitrogens with one attached hydrogen (secondary N) is 1. The Balaban J connectivity index is 2.25. The van der Waals surface area contributed by atoms with Crippen LogP contribution in [-0.2, 0) is 26.2 Å². The summed E-state index contributed by atoms with van der Waals surface area (Å²) in [6, 6.07) is 11.1. The molecule has 168 valence electrons. The van der Waals surface area contributed by atoms with Crippen molar-refractivity contribution in [1.82, 2.24) is 14.5 Å². The lowest BCUT2D eigenvalue weighted by molar-refractivity contribution is -0.140. The van der Waals surface area contributed by atoms with Crippen molar-refractivity contribution in [3.8, 4) is 0 Å². The molecule has 9 heteroatoms. The Bertz CT molecular complexity index is 1010. The summed E-state index contributed by atoms with van der Waals surface area (Å²) >= 11 is 0. The highest BCUT2D eigenvalue weighted by atomic mass is 32.2. The van der Waals surface area contributed by atoms with Gasteiger partial charge in [0, 0.05) is 20.1 Å². The molecule has 0 heterocycles. The number of benzene rings is 2. The normalized spacial score (nSPS) is 12.5. The molecular weight excluding hydrogens is 421 g/mol. The highest BCUT2D eigenvalue weighted by Gasteiger charge is 2.30. The van der Waals surface area contributed by atoms with Crippen LogP contribution in [0, 0.1) is 12.7 Å². The highest BCUT2D eigenvalue weighted by molar-refractivity contribution is 7.89. The lowest BCUT2D eigenvalue weighted by Crippen LogP contribution is -2.50. The summed E-state index contributed by atoms with van der Waals surface area (Å²) < 4.78 is 39.9. The van der Waals surface area contributed by atoms with E-state index in [0.29, 0.717) is 12.1 Å². The highest BCUT2D eigenvalue weighted by Crippen LogP contribution is 2.17. The zero-order valence-electron chi connectivity index (χ0n) is 18.1. The van der Waals surface area contributed by atoms with Crippen molar-refractivity contribution in [2.24, 2.45) is 0 Å². The number of aryl methyl sites for hydroxylation is 1. The van der Waals surface area contributed by atoms with Gasteiger partial charge in [-0.15, -0.1) is 0 Å². The molecule has 0 radical (unpaired) electrons. The van der Waals surface area contributed by atoms with E-state index in [1.807, 2.05) is 6.92 Å². The second kappa shape index (κ2) is 10.5. The fourth-order valence-corrected chi connectivity index (χ4v) is 4.07. The molecule has 0 saturated heterocycles. The Kier molecular flexibility index (Phi) is 8.29. The predicted molar refractivity (Wildman–Crippen MR) is 116 cm³/mol. The largest absolute Gasteiger partial charge is 0.355 e. The van der Waals surface area contributed by atoms with Crippen molar-refractivity contribution >= 4 is 21.8 Å². The fraction of sp³-hybridized carbons (Fsp3) is 0.364. The molecule has 7 nitrogen and oxygen atoms in total. The second-order valence-electron chi connectivity index (χ2n) is 7.29. The Morgan fingerprint density at radius 3 is 2.19 bits per heavy atom. The zero-order valence-corrected chi connectivity index (χ0v) is 18.9. The summed E-state index contributed by atoms with van der Waals surface area (Å²) in [4.78, 5) is 26.8. The second-order valence-corrected chi connectivity index (χ2v) is 9.34. The average molecular weight is 450 g/mol. The van der Waals surface area contributed by atoms with E-state index in [1.165, 1.54) is 48.3 Å². The van der Waals surface area contributed by atoms with Gasteiger partial charge in [-0.1, -0.05) is 29.8 Å². The van der Waals surface area contributed by atoms with Gasteiger partial charge in [0.2, 0.25) is 21.8 Å². The van der Waals surface area contributed by atoms with Crippen LogP contribution in [0.15, 0.2) is 53.4 Å². The van der Waals surface area contributed by atoms with Crippen LogP contribution in [0.4, 0.5) is 4.39 Å². The van der Waals surface area contributed by atoms with E-state index in [-0.39, 0.29) is 17.3 Å². The van der Waals surface area contributed by atoms with Gasteiger partial charge in [-0.3, -0.25) is 9.59 Å². The molecule has 31 heavy (non-hydrogen) atoms. The minimum absolute atomic E-state index is 0.0375. The first-order valence-corrected chi connectivity index (χ1v) is 11.3. The first-order valence-electron chi connectivity index (χ1n) is 9.91. The van der Waals surface area contributed by atoms with Crippen molar-refractivity contribution in [2.75, 3.05) is 20.1 Å². The summed E-state index contributed by atoms with van der Waals surface area (Å²) in [7, 11) is -2.56. The minimum atomic E-state index is -3.88. The van der Waals surface area contributed by atoms with E-state index in [2.05, 4.69) is 5.32 Å². The molecule has 0 aliphatic rings. The molecule has 0 spiro atoms. The van der Waals surface area contributed by atoms with E-state index in [1.54, 1.807) is 26.0 Å². The van der Waals surface area contributed by atoms with Crippen LogP contribution in [0.3, 0.4) is 0 Å². The van der Waals surface area contributed by atoms with Gasteiger partial charge < -0.3 is 10.2 Å². The van der Waals surface area contributed by atoms with Crippen LogP contribution in [0.25, 0.3) is 0 Å². The molecule has 0 aliphatic carbocycles. The van der Waals surface area contributed by atoms with Crippen molar-refractivity contribution in [3.05, 3.63) is 65.5 Å². The van der Waals surface area contributed by atoms with Crippen LogP contribution in [0.2, 0.25) is 0 Å². The molecular formula is C22H28FN3O4S. The third-order valence-corrected chi connectivity index (χ3v) is 6.69. The van der Waals surface area contributed by atoms with Crippen LogP contribution >= 0.6 is 0 Å². The Morgan fingerprint density at radius 2 is 1.65 bits per heavy atom. The number of halogens is 1. The number of carbonyl (C=O) groups excluding carboxylic acids is 2. The minimum Gasteiger partial charge on any atom is -0.355 e. The van der Waals surface area contributed by atoms with Gasteiger partial charge in [-0.2, -0.15) is 4.31 Å². The van der Waals surface area contributed by atoms with Gasteiger partial charge in [0.25, 0.3) is 0 Å². The van der Waals surface area contributed by atoms with Crippen molar-refractivity contribution in [2.45, 2.75) is 38.3 Å². The maximum Gasteiger partial charge on any atom is 0.243 e. The predicted octanol–water partition coefficient (Wildman–Crippen LogP) is 2.31. The third-order valence-electron chi connectivity index (χ3n) is 4.87. The zero-order chi connectivity index (χ0) is 23.2. The number of likely N-dealkylation sites (N-methyl/N-ethyl adjacent to an activating group) is 2. The lowest BCUT2D eigenvalue weighted by Gasteiger charge is -2.30.